The van der Waals surface area contributed by atoms with Crippen LogP contribution in [-0.4, -0.2) is 29.8 Å². The highest BCUT2D eigenvalue weighted by Gasteiger charge is 2.26. The Balaban J connectivity index is 4.18. The van der Waals surface area contributed by atoms with Gasteiger partial charge in [0, 0.05) is 5.92 Å². The van der Waals surface area contributed by atoms with Gasteiger partial charge in [0.15, 0.2) is 6.10 Å². The fourth-order valence-corrected chi connectivity index (χ4v) is 1.04. The van der Waals surface area contributed by atoms with Crippen LogP contribution < -0.4 is 0 Å². The molecule has 0 aromatic heterocycles. The molecule has 82 valence electrons. The van der Waals surface area contributed by atoms with Crippen molar-refractivity contribution in [1.29, 1.82) is 0 Å². The number of ether oxygens (including phenoxy) is 1. The molecule has 0 aliphatic heterocycles. The number of nitrogens with zero attached hydrogens (tertiary/aromatic N) is 1. The highest BCUT2D eigenvalue weighted by Crippen LogP contribution is 2.11. The van der Waals surface area contributed by atoms with Gasteiger partial charge in [-0.1, -0.05) is 12.1 Å². The van der Waals surface area contributed by atoms with Gasteiger partial charge in [0.25, 0.3) is 0 Å². The summed E-state index contributed by atoms with van der Waals surface area (Å²) in [5.41, 5.74) is 0. The van der Waals surface area contributed by atoms with Gasteiger partial charge in [0.2, 0.25) is 0 Å². The number of rotatable bonds is 6. The number of esters is 1. The molecule has 0 rings (SSSR count). The lowest BCUT2D eigenvalue weighted by Gasteiger charge is -2.18. The molecular weight excluding hydrogens is 186 g/mol. The van der Waals surface area contributed by atoms with Gasteiger partial charge >= 0.3 is 5.97 Å². The number of carbonyl (C=O) groups excluding carboxylic acids is 1. The summed E-state index contributed by atoms with van der Waals surface area (Å²) in [5.74, 6) is -1.13. The van der Waals surface area contributed by atoms with E-state index in [0.717, 1.165) is 0 Å². The average Bonchev–Trinajstić information content (AvgIpc) is 2.12. The molecule has 5 heteroatoms. The molecule has 0 aliphatic carbocycles. The smallest absolute Gasteiger partial charge is 0.335 e. The molecule has 0 fully saturated rings. The monoisotopic (exact) mass is 203 g/mol. The van der Waals surface area contributed by atoms with E-state index < -0.39 is 18.0 Å². The molecule has 0 heterocycles. The molecule has 2 unspecified atom stereocenters. The van der Waals surface area contributed by atoms with E-state index in [0.29, 0.717) is 6.42 Å². The fraction of sp³-hybridized carbons (Fsp3) is 0.889. The van der Waals surface area contributed by atoms with E-state index in [-0.39, 0.29) is 12.6 Å². The number of carbonyl (C=O) groups is 1. The summed E-state index contributed by atoms with van der Waals surface area (Å²) in [4.78, 5) is 21.2. The molecule has 1 N–H and O–H groups in total. The Kier molecular flexibility index (Phi) is 6.03. The van der Waals surface area contributed by atoms with Gasteiger partial charge in [-0.2, -0.15) is 4.91 Å². The second kappa shape index (κ2) is 6.48. The summed E-state index contributed by atoms with van der Waals surface area (Å²) >= 11 is 0. The van der Waals surface area contributed by atoms with Gasteiger partial charge in [0.1, 0.15) is 0 Å². The average molecular weight is 203 g/mol. The highest BCUT2D eigenvalue weighted by molar-refractivity contribution is 5.74. The minimum Gasteiger partial charge on any atom is -0.461 e. The zero-order valence-electron chi connectivity index (χ0n) is 8.77. The SMILES string of the molecule is CCC(CN=O)C(O)C(=O)OC(C)C. The molecule has 0 saturated carbocycles. The number of hydrogen-bond acceptors (Lipinski definition) is 5. The lowest BCUT2D eigenvalue weighted by atomic mass is 10.00. The summed E-state index contributed by atoms with van der Waals surface area (Å²) in [6.07, 6.45) is -1.00. The van der Waals surface area contributed by atoms with Crippen LogP contribution in [-0.2, 0) is 9.53 Å². The number of aliphatic hydroxyl groups is 1. The normalized spacial score (nSPS) is 14.9. The Bertz CT molecular complexity index is 193. The molecule has 14 heavy (non-hydrogen) atoms. The lowest BCUT2D eigenvalue weighted by molar-refractivity contribution is -0.160. The summed E-state index contributed by atoms with van der Waals surface area (Å²) in [6.45, 7) is 5.11. The number of hydrogen-bond donors (Lipinski definition) is 1. The van der Waals surface area contributed by atoms with Crippen LogP contribution >= 0.6 is 0 Å². The maximum atomic E-state index is 11.2. The van der Waals surface area contributed by atoms with Gasteiger partial charge < -0.3 is 9.84 Å². The first-order chi connectivity index (χ1) is 6.52. The summed E-state index contributed by atoms with van der Waals surface area (Å²) < 4.78 is 4.81. The topological polar surface area (TPSA) is 76.0 Å². The van der Waals surface area contributed by atoms with Crippen molar-refractivity contribution in [3.8, 4) is 0 Å². The largest absolute Gasteiger partial charge is 0.461 e. The maximum Gasteiger partial charge on any atom is 0.335 e. The van der Waals surface area contributed by atoms with E-state index in [1.807, 2.05) is 0 Å². The predicted molar refractivity (Wildman–Crippen MR) is 51.7 cm³/mol. The first-order valence-corrected chi connectivity index (χ1v) is 4.70. The Morgan fingerprint density at radius 2 is 2.07 bits per heavy atom. The van der Waals surface area contributed by atoms with Crippen LogP contribution in [0.15, 0.2) is 5.18 Å². The molecule has 2 atom stereocenters. The third-order valence-corrected chi connectivity index (χ3v) is 1.87. The third-order valence-electron chi connectivity index (χ3n) is 1.87. The van der Waals surface area contributed by atoms with Crippen molar-refractivity contribution in [2.24, 2.45) is 11.1 Å². The van der Waals surface area contributed by atoms with Crippen molar-refractivity contribution in [2.45, 2.75) is 39.4 Å². The quantitative estimate of drug-likeness (QED) is 0.518. The van der Waals surface area contributed by atoms with E-state index in [9.17, 15) is 14.8 Å². The first kappa shape index (κ1) is 13.0. The van der Waals surface area contributed by atoms with Crippen LogP contribution in [0.25, 0.3) is 0 Å². The third kappa shape index (κ3) is 4.32. The van der Waals surface area contributed by atoms with Crippen molar-refractivity contribution in [3.05, 3.63) is 4.91 Å². The number of nitroso groups, excluding NO2 is 1. The molecule has 0 amide bonds. The van der Waals surface area contributed by atoms with Crippen LogP contribution in [0.1, 0.15) is 27.2 Å². The second-order valence-corrected chi connectivity index (χ2v) is 3.41. The second-order valence-electron chi connectivity index (χ2n) is 3.41. The van der Waals surface area contributed by atoms with E-state index in [2.05, 4.69) is 5.18 Å². The lowest BCUT2D eigenvalue weighted by Crippen LogP contribution is -2.34. The summed E-state index contributed by atoms with van der Waals surface area (Å²) in [5, 5.41) is 12.2. The molecule has 0 aromatic carbocycles. The van der Waals surface area contributed by atoms with Gasteiger partial charge in [-0.15, -0.1) is 0 Å². The minimum absolute atomic E-state index is 0.0646. The van der Waals surface area contributed by atoms with Crippen LogP contribution in [0.4, 0.5) is 0 Å². The van der Waals surface area contributed by atoms with Crippen molar-refractivity contribution >= 4 is 5.97 Å². The Hall–Kier alpha value is -0.970. The Morgan fingerprint density at radius 3 is 2.43 bits per heavy atom. The molecular formula is C9H17NO4. The van der Waals surface area contributed by atoms with Gasteiger partial charge in [-0.3, -0.25) is 0 Å². The van der Waals surface area contributed by atoms with Gasteiger partial charge in [0.05, 0.1) is 12.6 Å². The van der Waals surface area contributed by atoms with E-state index in [1.165, 1.54) is 0 Å². The van der Waals surface area contributed by atoms with Crippen LogP contribution in [0.5, 0.6) is 0 Å². The Labute approximate surface area is 83.4 Å². The summed E-state index contributed by atoms with van der Waals surface area (Å²) in [6, 6.07) is 0. The van der Waals surface area contributed by atoms with Gasteiger partial charge in [-0.05, 0) is 20.3 Å². The van der Waals surface area contributed by atoms with Crippen molar-refractivity contribution in [1.82, 2.24) is 0 Å². The zero-order valence-corrected chi connectivity index (χ0v) is 8.77. The number of aliphatic hydroxyl groups excluding tert-OH is 1. The zero-order chi connectivity index (χ0) is 11.1. The minimum atomic E-state index is -1.25. The molecule has 0 aliphatic rings. The standard InChI is InChI=1S/C9H17NO4/c1-4-7(5-10-13)8(11)9(12)14-6(2)3/h6-8,11H,4-5H2,1-3H3. The molecule has 0 bridgehead atoms. The van der Waals surface area contributed by atoms with Crippen LogP contribution in [0.2, 0.25) is 0 Å². The fourth-order valence-electron chi connectivity index (χ4n) is 1.04. The summed E-state index contributed by atoms with van der Waals surface area (Å²) in [7, 11) is 0. The highest BCUT2D eigenvalue weighted by atomic mass is 16.6. The maximum absolute atomic E-state index is 11.2. The van der Waals surface area contributed by atoms with E-state index in [4.69, 9.17) is 4.74 Å². The molecule has 0 saturated heterocycles. The molecule has 0 radical (unpaired) electrons. The van der Waals surface area contributed by atoms with Crippen LogP contribution in [0.3, 0.4) is 0 Å². The molecule has 5 nitrogen and oxygen atoms in total. The van der Waals surface area contributed by atoms with Crippen molar-refractivity contribution in [3.63, 3.8) is 0 Å². The van der Waals surface area contributed by atoms with E-state index in [1.54, 1.807) is 20.8 Å². The molecule has 0 spiro atoms. The molecule has 0 aromatic rings. The van der Waals surface area contributed by atoms with Gasteiger partial charge in [-0.25, -0.2) is 4.79 Å². The van der Waals surface area contributed by atoms with Crippen molar-refractivity contribution < 1.29 is 14.6 Å². The van der Waals surface area contributed by atoms with Crippen molar-refractivity contribution in [2.75, 3.05) is 6.54 Å². The van der Waals surface area contributed by atoms with E-state index >= 15 is 0 Å². The Morgan fingerprint density at radius 1 is 1.50 bits per heavy atom. The van der Waals surface area contributed by atoms with Crippen LogP contribution in [0, 0.1) is 10.8 Å². The first-order valence-electron chi connectivity index (χ1n) is 4.70. The predicted octanol–water partition coefficient (Wildman–Crippen LogP) is 1.09.